The second-order valence-electron chi connectivity index (χ2n) is 6.25. The summed E-state index contributed by atoms with van der Waals surface area (Å²) in [4.78, 5) is 22.2. The third-order valence-electron chi connectivity index (χ3n) is 4.53. The lowest BCUT2D eigenvalue weighted by Gasteiger charge is -2.35. The van der Waals surface area contributed by atoms with Crippen molar-refractivity contribution in [3.8, 4) is 0 Å². The largest absolute Gasteiger partial charge is 0.391 e. The maximum Gasteiger partial charge on any atom is 0.291 e. The molecule has 2 atom stereocenters. The van der Waals surface area contributed by atoms with Gasteiger partial charge in [0.05, 0.1) is 24.2 Å². The average molecular weight is 344 g/mol. The number of benzene rings is 1. The molecule has 7 heteroatoms. The van der Waals surface area contributed by atoms with Gasteiger partial charge in [-0.2, -0.15) is 0 Å². The molecule has 0 unspecified atom stereocenters. The predicted octanol–water partition coefficient (Wildman–Crippen LogP) is 1.72. The molecule has 1 aliphatic rings. The normalized spacial score (nSPS) is 20.4. The molecule has 0 aliphatic carbocycles. The van der Waals surface area contributed by atoms with Crippen molar-refractivity contribution in [1.82, 2.24) is 14.9 Å². The summed E-state index contributed by atoms with van der Waals surface area (Å²) >= 11 is 0. The van der Waals surface area contributed by atoms with E-state index in [-0.39, 0.29) is 30.0 Å². The second kappa shape index (κ2) is 7.57. The number of carbonyl (C=O) groups excluding carboxylic acids is 1. The zero-order chi connectivity index (χ0) is 17.8. The lowest BCUT2D eigenvalue weighted by Crippen LogP contribution is -2.47. The van der Waals surface area contributed by atoms with Crippen LogP contribution in [0.15, 0.2) is 36.7 Å². The minimum Gasteiger partial charge on any atom is -0.391 e. The fourth-order valence-corrected chi connectivity index (χ4v) is 3.08. The van der Waals surface area contributed by atoms with Crippen molar-refractivity contribution < 1.29 is 14.3 Å². The van der Waals surface area contributed by atoms with Crippen LogP contribution in [0.3, 0.4) is 0 Å². The molecule has 1 fully saturated rings. The van der Waals surface area contributed by atoms with Crippen LogP contribution in [-0.4, -0.2) is 52.1 Å². The first kappa shape index (κ1) is 17.3. The third kappa shape index (κ3) is 4.11. The summed E-state index contributed by atoms with van der Waals surface area (Å²) in [5.74, 6) is -0.444. The Bertz CT molecular complexity index is 738. The fourth-order valence-electron chi connectivity index (χ4n) is 3.08. The van der Waals surface area contributed by atoms with Crippen molar-refractivity contribution in [3.05, 3.63) is 53.9 Å². The number of aromatic nitrogens is 2. The minimum atomic E-state index is -0.655. The van der Waals surface area contributed by atoms with Crippen LogP contribution in [0.25, 0.3) is 0 Å². The number of hydrogen-bond acceptors (Lipinski definition) is 5. The van der Waals surface area contributed by atoms with Gasteiger partial charge in [0.1, 0.15) is 5.82 Å². The van der Waals surface area contributed by atoms with Crippen LogP contribution in [-0.2, 0) is 6.42 Å². The molecular formula is C18H21FN4O2. The van der Waals surface area contributed by atoms with E-state index < -0.39 is 6.10 Å². The molecule has 2 aromatic rings. The highest BCUT2D eigenvalue weighted by molar-refractivity contribution is 5.90. The van der Waals surface area contributed by atoms with Gasteiger partial charge in [0.15, 0.2) is 0 Å². The Balaban J connectivity index is 1.61. The summed E-state index contributed by atoms with van der Waals surface area (Å²) in [5.41, 5.74) is 1.58. The second-order valence-corrected chi connectivity index (χ2v) is 6.25. The summed E-state index contributed by atoms with van der Waals surface area (Å²) in [5, 5.41) is 13.3. The molecular weight excluding hydrogens is 323 g/mol. The number of aliphatic hydroxyl groups excluding tert-OH is 1. The monoisotopic (exact) mass is 344 g/mol. The number of nitrogens with one attached hydrogen (secondary N) is 1. The molecule has 1 aliphatic heterocycles. The van der Waals surface area contributed by atoms with Crippen molar-refractivity contribution in [1.29, 1.82) is 0 Å². The molecule has 6 nitrogen and oxygen atoms in total. The maximum absolute atomic E-state index is 13.3. The molecule has 3 rings (SSSR count). The fraction of sp³-hybridized carbons (Fsp3) is 0.389. The number of rotatable bonds is 4. The number of aliphatic hydroxyl groups is 1. The molecule has 0 spiro atoms. The van der Waals surface area contributed by atoms with Crippen molar-refractivity contribution in [3.63, 3.8) is 0 Å². The first-order valence-electron chi connectivity index (χ1n) is 8.28. The zero-order valence-corrected chi connectivity index (χ0v) is 14.0. The molecule has 1 saturated heterocycles. The molecule has 1 aromatic carbocycles. The van der Waals surface area contributed by atoms with Crippen LogP contribution >= 0.6 is 0 Å². The van der Waals surface area contributed by atoms with Crippen molar-refractivity contribution in [2.45, 2.75) is 18.9 Å². The van der Waals surface area contributed by atoms with Gasteiger partial charge in [-0.15, -0.1) is 0 Å². The van der Waals surface area contributed by atoms with Crippen molar-refractivity contribution in [2.75, 3.05) is 25.5 Å². The molecule has 2 heterocycles. The van der Waals surface area contributed by atoms with Gasteiger partial charge in [0, 0.05) is 20.1 Å². The molecule has 25 heavy (non-hydrogen) atoms. The third-order valence-corrected chi connectivity index (χ3v) is 4.53. The van der Waals surface area contributed by atoms with E-state index in [1.54, 1.807) is 30.4 Å². The number of likely N-dealkylation sites (tertiary alicyclic amines) is 1. The first-order valence-corrected chi connectivity index (χ1v) is 8.28. The maximum atomic E-state index is 13.3. The topological polar surface area (TPSA) is 78.4 Å². The van der Waals surface area contributed by atoms with Crippen LogP contribution in [0.1, 0.15) is 22.6 Å². The number of carbonyl (C=O) groups is 1. The van der Waals surface area contributed by atoms with Gasteiger partial charge in [0.2, 0.25) is 5.82 Å². The Morgan fingerprint density at radius 1 is 1.40 bits per heavy atom. The highest BCUT2D eigenvalue weighted by atomic mass is 19.1. The number of halogens is 1. The van der Waals surface area contributed by atoms with Crippen LogP contribution in [0.2, 0.25) is 0 Å². The highest BCUT2D eigenvalue weighted by Crippen LogP contribution is 2.23. The van der Waals surface area contributed by atoms with Crippen LogP contribution < -0.4 is 5.32 Å². The molecule has 0 saturated carbocycles. The van der Waals surface area contributed by atoms with Gasteiger partial charge in [-0.3, -0.25) is 4.79 Å². The molecule has 0 bridgehead atoms. The first-order chi connectivity index (χ1) is 12.1. The van der Waals surface area contributed by atoms with Gasteiger partial charge >= 0.3 is 0 Å². The van der Waals surface area contributed by atoms with Crippen molar-refractivity contribution >= 4 is 11.6 Å². The van der Waals surface area contributed by atoms with Crippen LogP contribution in [0, 0.1) is 11.7 Å². The summed E-state index contributed by atoms with van der Waals surface area (Å²) < 4.78 is 13.3. The van der Waals surface area contributed by atoms with E-state index in [2.05, 4.69) is 15.3 Å². The summed E-state index contributed by atoms with van der Waals surface area (Å²) in [6.07, 6.45) is 3.69. The van der Waals surface area contributed by atoms with Crippen LogP contribution in [0.5, 0.6) is 0 Å². The number of nitrogens with zero attached hydrogens (tertiary/aromatic N) is 3. The Labute approximate surface area is 145 Å². The quantitative estimate of drug-likeness (QED) is 0.883. The van der Waals surface area contributed by atoms with E-state index in [0.29, 0.717) is 19.4 Å². The van der Waals surface area contributed by atoms with E-state index in [1.807, 2.05) is 6.07 Å². The average Bonchev–Trinajstić information content (AvgIpc) is 2.63. The van der Waals surface area contributed by atoms with Gasteiger partial charge < -0.3 is 15.3 Å². The lowest BCUT2D eigenvalue weighted by atomic mass is 9.88. The zero-order valence-electron chi connectivity index (χ0n) is 14.0. The summed E-state index contributed by atoms with van der Waals surface area (Å²) in [7, 11) is 1.75. The number of hydrogen-bond donors (Lipinski definition) is 2. The van der Waals surface area contributed by atoms with E-state index in [0.717, 1.165) is 11.3 Å². The van der Waals surface area contributed by atoms with Gasteiger partial charge in [-0.05, 0) is 36.5 Å². The van der Waals surface area contributed by atoms with E-state index in [9.17, 15) is 14.3 Å². The highest BCUT2D eigenvalue weighted by Gasteiger charge is 2.31. The molecule has 1 aromatic heterocycles. The lowest BCUT2D eigenvalue weighted by molar-refractivity contribution is 0.0191. The number of amides is 1. The van der Waals surface area contributed by atoms with E-state index >= 15 is 0 Å². The molecule has 132 valence electrons. The molecule has 0 radical (unpaired) electrons. The number of anilines is 1. The number of piperidine rings is 1. The Hall–Kier alpha value is -2.54. The summed E-state index contributed by atoms with van der Waals surface area (Å²) in [6.45, 7) is 0.753. The van der Waals surface area contributed by atoms with E-state index in [1.165, 1.54) is 12.1 Å². The smallest absolute Gasteiger partial charge is 0.291 e. The SMILES string of the molecule is CNc1cnc(C(=O)N2CC[C@H](Cc3cccc(F)c3)[C@H](O)C2)nc1. The molecule has 2 N–H and O–H groups in total. The minimum absolute atomic E-state index is 0.00145. The van der Waals surface area contributed by atoms with E-state index in [4.69, 9.17) is 0 Å². The van der Waals surface area contributed by atoms with Crippen molar-refractivity contribution in [2.24, 2.45) is 5.92 Å². The predicted molar refractivity (Wildman–Crippen MR) is 91.7 cm³/mol. The Morgan fingerprint density at radius 3 is 2.80 bits per heavy atom. The standard InChI is InChI=1S/C18H21FN4O2/c1-20-15-9-21-17(22-10-15)18(25)23-6-5-13(16(24)11-23)7-12-3-2-4-14(19)8-12/h2-4,8-10,13,16,20,24H,5-7,11H2,1H3/t13-,16-/m1/s1. The Morgan fingerprint density at radius 2 is 2.16 bits per heavy atom. The molecule has 1 amide bonds. The Kier molecular flexibility index (Phi) is 5.23. The van der Waals surface area contributed by atoms with Gasteiger partial charge in [-0.25, -0.2) is 14.4 Å². The van der Waals surface area contributed by atoms with Gasteiger partial charge in [0.25, 0.3) is 5.91 Å². The van der Waals surface area contributed by atoms with Crippen LogP contribution in [0.4, 0.5) is 10.1 Å². The summed E-state index contributed by atoms with van der Waals surface area (Å²) in [6, 6.07) is 6.41. The number of β-amino-alcohol motifs (C(OH)–C–C–N with tert-alkyl or cyclic N) is 1. The van der Waals surface area contributed by atoms with Gasteiger partial charge in [-0.1, -0.05) is 12.1 Å².